The van der Waals surface area contributed by atoms with Gasteiger partial charge in [0, 0.05) is 18.2 Å². The second kappa shape index (κ2) is 5.15. The normalized spacial score (nSPS) is 23.3. The molecule has 120 valence electrons. The van der Waals surface area contributed by atoms with Gasteiger partial charge in [-0.15, -0.1) is 5.10 Å². The van der Waals surface area contributed by atoms with E-state index in [0.717, 1.165) is 5.69 Å². The zero-order valence-corrected chi connectivity index (χ0v) is 13.3. The molecule has 0 aromatic carbocycles. The number of hydrogen-bond donors (Lipinski definition) is 1. The molecular formula is C17H20N4O2. The van der Waals surface area contributed by atoms with Crippen LogP contribution in [0.2, 0.25) is 0 Å². The number of H-pyrrole nitrogens is 1. The zero-order valence-electron chi connectivity index (χ0n) is 13.3. The second-order valence-electron chi connectivity index (χ2n) is 7.05. The van der Waals surface area contributed by atoms with Crippen LogP contribution in [0, 0.1) is 11.8 Å². The minimum atomic E-state index is -0.479. The minimum Gasteiger partial charge on any atom is -0.274 e. The van der Waals surface area contributed by atoms with Crippen LogP contribution in [0.15, 0.2) is 27.9 Å². The van der Waals surface area contributed by atoms with Gasteiger partial charge in [0.15, 0.2) is 5.82 Å². The van der Waals surface area contributed by atoms with Crippen molar-refractivity contribution in [2.45, 2.75) is 44.9 Å². The molecule has 1 N–H and O–H groups in total. The third kappa shape index (κ3) is 2.62. The first-order valence-corrected chi connectivity index (χ1v) is 8.24. The van der Waals surface area contributed by atoms with E-state index < -0.39 is 11.2 Å². The van der Waals surface area contributed by atoms with Crippen LogP contribution in [0.3, 0.4) is 0 Å². The molecule has 0 radical (unpaired) electrons. The van der Waals surface area contributed by atoms with Crippen LogP contribution in [0.4, 0.5) is 0 Å². The molecule has 4 rings (SSSR count). The molecule has 2 atom stereocenters. The summed E-state index contributed by atoms with van der Waals surface area (Å²) in [6.07, 6.45) is 5.00. The van der Waals surface area contributed by atoms with E-state index >= 15 is 0 Å². The molecule has 0 aliphatic heterocycles. The number of nitrogens with one attached hydrogen (secondary N) is 1. The molecule has 2 aromatic rings. The van der Waals surface area contributed by atoms with Crippen molar-refractivity contribution in [1.82, 2.24) is 19.7 Å². The van der Waals surface area contributed by atoms with Crippen molar-refractivity contribution >= 4 is 0 Å². The fourth-order valence-corrected chi connectivity index (χ4v) is 3.40. The average molecular weight is 312 g/mol. The summed E-state index contributed by atoms with van der Waals surface area (Å²) >= 11 is 0. The first kappa shape index (κ1) is 14.4. The van der Waals surface area contributed by atoms with Crippen molar-refractivity contribution in [1.29, 1.82) is 0 Å². The molecule has 2 aromatic heterocycles. The average Bonchev–Trinajstić information content (AvgIpc) is 3.38. The van der Waals surface area contributed by atoms with Gasteiger partial charge in [-0.05, 0) is 48.6 Å². The summed E-state index contributed by atoms with van der Waals surface area (Å²) in [7, 11) is 0. The van der Waals surface area contributed by atoms with Crippen LogP contribution in [-0.4, -0.2) is 19.7 Å². The Morgan fingerprint density at radius 2 is 2.04 bits per heavy atom. The van der Waals surface area contributed by atoms with Crippen LogP contribution in [0.5, 0.6) is 0 Å². The standard InChI is InChI=1S/C17H20N4O2/c1-9(2)11-7-12(11)13-8-14(19-20-16(13)10-3-4-10)21-6-5-15(22)18-17(21)23/h5-6,8-12H,3-4,7H2,1-2H3,(H,18,22,23)/t11-,12+/m1/s1. The molecule has 2 heterocycles. The predicted molar refractivity (Wildman–Crippen MR) is 85.9 cm³/mol. The van der Waals surface area contributed by atoms with E-state index in [-0.39, 0.29) is 0 Å². The van der Waals surface area contributed by atoms with Crippen molar-refractivity contribution in [2.24, 2.45) is 11.8 Å². The lowest BCUT2D eigenvalue weighted by atomic mass is 10.0. The Labute approximate surface area is 133 Å². The van der Waals surface area contributed by atoms with Crippen molar-refractivity contribution in [3.05, 3.63) is 50.4 Å². The monoisotopic (exact) mass is 312 g/mol. The third-order valence-electron chi connectivity index (χ3n) is 4.97. The van der Waals surface area contributed by atoms with Crippen LogP contribution < -0.4 is 11.2 Å². The molecule has 2 saturated carbocycles. The van der Waals surface area contributed by atoms with Crippen molar-refractivity contribution in [2.75, 3.05) is 0 Å². The van der Waals surface area contributed by atoms with Gasteiger partial charge in [-0.2, -0.15) is 5.10 Å². The van der Waals surface area contributed by atoms with Crippen LogP contribution in [0.1, 0.15) is 56.2 Å². The first-order chi connectivity index (χ1) is 11.0. The van der Waals surface area contributed by atoms with Crippen LogP contribution in [-0.2, 0) is 0 Å². The highest BCUT2D eigenvalue weighted by Crippen LogP contribution is 2.55. The Bertz CT molecular complexity index is 863. The van der Waals surface area contributed by atoms with Gasteiger partial charge >= 0.3 is 5.69 Å². The summed E-state index contributed by atoms with van der Waals surface area (Å²) < 4.78 is 1.35. The van der Waals surface area contributed by atoms with Crippen LogP contribution >= 0.6 is 0 Å². The van der Waals surface area contributed by atoms with Crippen molar-refractivity contribution in [3.63, 3.8) is 0 Å². The summed E-state index contributed by atoms with van der Waals surface area (Å²) in [6, 6.07) is 3.32. The van der Waals surface area contributed by atoms with Gasteiger partial charge in [0.25, 0.3) is 5.56 Å². The lowest BCUT2D eigenvalue weighted by Crippen LogP contribution is -2.28. The van der Waals surface area contributed by atoms with E-state index in [0.29, 0.717) is 29.5 Å². The van der Waals surface area contributed by atoms with E-state index in [9.17, 15) is 9.59 Å². The Hall–Kier alpha value is -2.24. The Balaban J connectivity index is 1.78. The van der Waals surface area contributed by atoms with Crippen molar-refractivity contribution in [3.8, 4) is 5.82 Å². The van der Waals surface area contributed by atoms with Gasteiger partial charge < -0.3 is 0 Å². The Morgan fingerprint density at radius 3 is 2.65 bits per heavy atom. The van der Waals surface area contributed by atoms with E-state index in [4.69, 9.17) is 0 Å². The van der Waals surface area contributed by atoms with Gasteiger partial charge in [-0.3, -0.25) is 14.3 Å². The molecule has 0 saturated heterocycles. The van der Waals surface area contributed by atoms with Gasteiger partial charge in [0.1, 0.15) is 0 Å². The molecule has 2 fully saturated rings. The number of aromatic amines is 1. The highest BCUT2D eigenvalue weighted by Gasteiger charge is 2.44. The maximum Gasteiger partial charge on any atom is 0.334 e. The summed E-state index contributed by atoms with van der Waals surface area (Å²) in [6.45, 7) is 4.51. The fraction of sp³-hybridized carbons (Fsp3) is 0.529. The molecule has 2 aliphatic rings. The highest BCUT2D eigenvalue weighted by molar-refractivity contribution is 5.39. The maximum atomic E-state index is 12.0. The predicted octanol–water partition coefficient (Wildman–Crippen LogP) is 1.95. The Morgan fingerprint density at radius 1 is 1.26 bits per heavy atom. The van der Waals surface area contributed by atoms with Crippen molar-refractivity contribution < 1.29 is 0 Å². The summed E-state index contributed by atoms with van der Waals surface area (Å²) in [5.41, 5.74) is 1.47. The second-order valence-corrected chi connectivity index (χ2v) is 7.05. The molecule has 23 heavy (non-hydrogen) atoms. The van der Waals surface area contributed by atoms with E-state index in [1.807, 2.05) is 6.07 Å². The van der Waals surface area contributed by atoms with E-state index in [1.165, 1.54) is 41.7 Å². The Kier molecular flexibility index (Phi) is 3.21. The number of rotatable bonds is 4. The fourth-order valence-electron chi connectivity index (χ4n) is 3.40. The molecule has 6 heteroatoms. The number of nitrogens with zero attached hydrogens (tertiary/aromatic N) is 3. The first-order valence-electron chi connectivity index (χ1n) is 8.24. The highest BCUT2D eigenvalue weighted by atomic mass is 16.2. The van der Waals surface area contributed by atoms with Gasteiger partial charge in [-0.25, -0.2) is 4.79 Å². The third-order valence-corrected chi connectivity index (χ3v) is 4.97. The largest absolute Gasteiger partial charge is 0.334 e. The topological polar surface area (TPSA) is 80.6 Å². The van der Waals surface area contributed by atoms with Crippen LogP contribution in [0.25, 0.3) is 5.82 Å². The lowest BCUT2D eigenvalue weighted by molar-refractivity contribution is 0.547. The zero-order chi connectivity index (χ0) is 16.1. The van der Waals surface area contributed by atoms with Gasteiger partial charge in [-0.1, -0.05) is 13.8 Å². The summed E-state index contributed by atoms with van der Waals surface area (Å²) in [4.78, 5) is 25.5. The number of aromatic nitrogens is 4. The molecule has 0 amide bonds. The molecule has 0 unspecified atom stereocenters. The quantitative estimate of drug-likeness (QED) is 0.935. The smallest absolute Gasteiger partial charge is 0.274 e. The SMILES string of the molecule is CC(C)[C@H]1C[C@@H]1c1cc(-n2ccc(=O)[nH]c2=O)nnc1C1CC1. The lowest BCUT2D eigenvalue weighted by Gasteiger charge is -2.11. The van der Waals surface area contributed by atoms with Gasteiger partial charge in [0.2, 0.25) is 0 Å². The molecule has 2 aliphatic carbocycles. The molecule has 6 nitrogen and oxygen atoms in total. The summed E-state index contributed by atoms with van der Waals surface area (Å²) in [5.74, 6) is 2.89. The molecule has 0 bridgehead atoms. The number of hydrogen-bond acceptors (Lipinski definition) is 4. The van der Waals surface area contributed by atoms with Gasteiger partial charge in [0.05, 0.1) is 5.69 Å². The van der Waals surface area contributed by atoms with E-state index in [2.05, 4.69) is 29.0 Å². The minimum absolute atomic E-state index is 0.406. The maximum absolute atomic E-state index is 12.0. The molecule has 0 spiro atoms. The molecular weight excluding hydrogens is 292 g/mol. The summed E-state index contributed by atoms with van der Waals surface area (Å²) in [5, 5.41) is 8.67. The van der Waals surface area contributed by atoms with E-state index in [1.54, 1.807) is 0 Å².